The molecule has 0 radical (unpaired) electrons. The minimum absolute atomic E-state index is 0.151. The topological polar surface area (TPSA) is 0 Å². The van der Waals surface area contributed by atoms with Crippen LogP contribution in [-0.2, 0) is 6.42 Å². The standard InChI is InChI=1S/C15H16Cl2S/c1-4-11-5-6-14(18-11)15(17)12-7-9(2)10(3)8-13(12)16/h5-8,15H,4H2,1-3H3. The fraction of sp³-hybridized carbons (Fsp3) is 0.333. The van der Waals surface area contributed by atoms with Gasteiger partial charge in [-0.05, 0) is 55.2 Å². The van der Waals surface area contributed by atoms with Crippen LogP contribution in [0.5, 0.6) is 0 Å². The number of hydrogen-bond donors (Lipinski definition) is 0. The number of halogens is 2. The van der Waals surface area contributed by atoms with Crippen LogP contribution >= 0.6 is 34.5 Å². The lowest BCUT2D eigenvalue weighted by Gasteiger charge is -2.12. The summed E-state index contributed by atoms with van der Waals surface area (Å²) in [6, 6.07) is 8.34. The summed E-state index contributed by atoms with van der Waals surface area (Å²) in [5, 5.41) is 0.603. The van der Waals surface area contributed by atoms with Crippen molar-refractivity contribution in [1.29, 1.82) is 0 Å². The van der Waals surface area contributed by atoms with Crippen molar-refractivity contribution in [3.8, 4) is 0 Å². The van der Waals surface area contributed by atoms with Gasteiger partial charge in [-0.15, -0.1) is 22.9 Å². The van der Waals surface area contributed by atoms with E-state index in [-0.39, 0.29) is 5.38 Å². The molecule has 1 unspecified atom stereocenters. The molecule has 2 aromatic rings. The van der Waals surface area contributed by atoms with Gasteiger partial charge >= 0.3 is 0 Å². The number of aryl methyl sites for hydroxylation is 3. The van der Waals surface area contributed by atoms with Gasteiger partial charge in [0.1, 0.15) is 0 Å². The molecule has 0 fully saturated rings. The van der Waals surface area contributed by atoms with Crippen LogP contribution in [0.25, 0.3) is 0 Å². The Morgan fingerprint density at radius 1 is 1.17 bits per heavy atom. The molecule has 0 aliphatic carbocycles. The third-order valence-electron chi connectivity index (χ3n) is 3.17. The molecule has 1 atom stereocenters. The SMILES string of the molecule is CCc1ccc(C(Cl)c2cc(C)c(C)cc2Cl)s1. The van der Waals surface area contributed by atoms with Gasteiger partial charge in [0.15, 0.2) is 0 Å². The fourth-order valence-electron chi connectivity index (χ4n) is 1.87. The lowest BCUT2D eigenvalue weighted by Crippen LogP contribution is -1.94. The summed E-state index contributed by atoms with van der Waals surface area (Å²) in [5.74, 6) is 0. The van der Waals surface area contributed by atoms with E-state index in [1.165, 1.54) is 20.9 Å². The van der Waals surface area contributed by atoms with Gasteiger partial charge in [0.05, 0.1) is 5.38 Å². The Hall–Kier alpha value is -0.500. The molecule has 0 saturated carbocycles. The normalized spacial score (nSPS) is 12.7. The van der Waals surface area contributed by atoms with Gasteiger partial charge in [-0.3, -0.25) is 0 Å². The largest absolute Gasteiger partial charge is 0.143 e. The van der Waals surface area contributed by atoms with E-state index in [4.69, 9.17) is 23.2 Å². The summed E-state index contributed by atoms with van der Waals surface area (Å²) >= 11 is 14.6. The van der Waals surface area contributed by atoms with E-state index >= 15 is 0 Å². The first-order valence-electron chi connectivity index (χ1n) is 6.02. The smallest absolute Gasteiger partial charge is 0.0942 e. The van der Waals surface area contributed by atoms with Gasteiger partial charge in [0.2, 0.25) is 0 Å². The van der Waals surface area contributed by atoms with E-state index in [0.29, 0.717) is 0 Å². The zero-order valence-electron chi connectivity index (χ0n) is 10.8. The maximum Gasteiger partial charge on any atom is 0.0942 e. The van der Waals surface area contributed by atoms with E-state index in [9.17, 15) is 0 Å². The second-order valence-corrected chi connectivity index (χ2v) is 6.52. The first-order valence-corrected chi connectivity index (χ1v) is 7.65. The maximum absolute atomic E-state index is 6.56. The Morgan fingerprint density at radius 2 is 1.83 bits per heavy atom. The van der Waals surface area contributed by atoms with Crippen LogP contribution in [0.4, 0.5) is 0 Å². The molecule has 0 nitrogen and oxygen atoms in total. The van der Waals surface area contributed by atoms with Crippen molar-refractivity contribution in [1.82, 2.24) is 0 Å². The van der Waals surface area contributed by atoms with Crippen molar-refractivity contribution in [2.75, 3.05) is 0 Å². The van der Waals surface area contributed by atoms with Crippen molar-refractivity contribution in [3.63, 3.8) is 0 Å². The Balaban J connectivity index is 2.39. The summed E-state index contributed by atoms with van der Waals surface area (Å²) in [7, 11) is 0. The van der Waals surface area contributed by atoms with E-state index in [2.05, 4.69) is 39.0 Å². The second-order valence-electron chi connectivity index (χ2n) is 4.48. The highest BCUT2D eigenvalue weighted by Gasteiger charge is 2.17. The summed E-state index contributed by atoms with van der Waals surface area (Å²) in [6.07, 6.45) is 1.05. The van der Waals surface area contributed by atoms with Crippen molar-refractivity contribution >= 4 is 34.5 Å². The lowest BCUT2D eigenvalue weighted by molar-refractivity contribution is 1.16. The van der Waals surface area contributed by atoms with Gasteiger partial charge in [0, 0.05) is 14.8 Å². The van der Waals surface area contributed by atoms with Gasteiger partial charge < -0.3 is 0 Å². The van der Waals surface area contributed by atoms with Crippen molar-refractivity contribution < 1.29 is 0 Å². The molecule has 1 aromatic heterocycles. The zero-order valence-corrected chi connectivity index (χ0v) is 13.1. The molecular weight excluding hydrogens is 283 g/mol. The van der Waals surface area contributed by atoms with E-state index in [0.717, 1.165) is 17.0 Å². The highest BCUT2D eigenvalue weighted by molar-refractivity contribution is 7.12. The summed E-state index contributed by atoms with van der Waals surface area (Å²) < 4.78 is 0. The molecule has 0 saturated heterocycles. The van der Waals surface area contributed by atoms with Gasteiger partial charge in [-0.1, -0.05) is 24.6 Å². The van der Waals surface area contributed by atoms with E-state index in [1.807, 2.05) is 6.07 Å². The summed E-state index contributed by atoms with van der Waals surface area (Å²) in [4.78, 5) is 2.52. The van der Waals surface area contributed by atoms with Gasteiger partial charge in [-0.2, -0.15) is 0 Å². The number of alkyl halides is 1. The summed E-state index contributed by atoms with van der Waals surface area (Å²) in [5.41, 5.74) is 3.44. The second kappa shape index (κ2) is 5.64. The number of rotatable bonds is 3. The van der Waals surface area contributed by atoms with Gasteiger partial charge in [0.25, 0.3) is 0 Å². The van der Waals surface area contributed by atoms with Crippen molar-refractivity contribution in [2.45, 2.75) is 32.6 Å². The molecule has 0 N–H and O–H groups in total. The maximum atomic E-state index is 6.56. The third kappa shape index (κ3) is 2.74. The molecule has 1 heterocycles. The van der Waals surface area contributed by atoms with Crippen LogP contribution in [0, 0.1) is 13.8 Å². The monoisotopic (exact) mass is 298 g/mol. The minimum Gasteiger partial charge on any atom is -0.143 e. The quantitative estimate of drug-likeness (QED) is 0.618. The first-order chi connectivity index (χ1) is 8.52. The van der Waals surface area contributed by atoms with Crippen LogP contribution in [0.15, 0.2) is 24.3 Å². The Morgan fingerprint density at radius 3 is 2.44 bits per heavy atom. The van der Waals surface area contributed by atoms with Crippen LogP contribution in [0.3, 0.4) is 0 Å². The molecule has 0 aliphatic rings. The van der Waals surface area contributed by atoms with Crippen LogP contribution in [0.2, 0.25) is 5.02 Å². The Labute approximate surface area is 123 Å². The number of thiophene rings is 1. The molecule has 0 spiro atoms. The molecule has 0 bridgehead atoms. The average Bonchev–Trinajstić information content (AvgIpc) is 2.81. The van der Waals surface area contributed by atoms with Crippen LogP contribution in [0.1, 0.15) is 38.7 Å². The van der Waals surface area contributed by atoms with Crippen molar-refractivity contribution in [2.24, 2.45) is 0 Å². The molecular formula is C15H16Cl2S. The molecule has 1 aromatic carbocycles. The predicted octanol–water partition coefficient (Wildman–Crippen LogP) is 5.91. The van der Waals surface area contributed by atoms with Crippen LogP contribution in [-0.4, -0.2) is 0 Å². The number of hydrogen-bond acceptors (Lipinski definition) is 1. The van der Waals surface area contributed by atoms with Gasteiger partial charge in [-0.25, -0.2) is 0 Å². The predicted molar refractivity (Wildman–Crippen MR) is 82.3 cm³/mol. The zero-order chi connectivity index (χ0) is 13.3. The highest BCUT2D eigenvalue weighted by atomic mass is 35.5. The molecule has 18 heavy (non-hydrogen) atoms. The summed E-state index contributed by atoms with van der Waals surface area (Å²) in [6.45, 7) is 6.31. The van der Waals surface area contributed by atoms with Crippen LogP contribution < -0.4 is 0 Å². The lowest BCUT2D eigenvalue weighted by atomic mass is 10.0. The Kier molecular flexibility index (Phi) is 4.37. The Bertz CT molecular complexity index is 558. The van der Waals surface area contributed by atoms with E-state index in [1.54, 1.807) is 11.3 Å². The third-order valence-corrected chi connectivity index (χ3v) is 5.39. The molecule has 2 rings (SSSR count). The molecule has 0 amide bonds. The van der Waals surface area contributed by atoms with E-state index < -0.39 is 0 Å². The average molecular weight is 299 g/mol. The number of benzene rings is 1. The molecule has 3 heteroatoms. The molecule has 96 valence electrons. The fourth-order valence-corrected chi connectivity index (χ4v) is 3.59. The molecule has 0 aliphatic heterocycles. The highest BCUT2D eigenvalue weighted by Crippen LogP contribution is 2.38. The minimum atomic E-state index is -0.151. The first kappa shape index (κ1) is 13.9. The van der Waals surface area contributed by atoms with Crippen molar-refractivity contribution in [3.05, 3.63) is 55.7 Å².